The number of aromatic carboxylic acids is 1. The van der Waals surface area contributed by atoms with Crippen LogP contribution in [0.4, 0.5) is 0 Å². The lowest BCUT2D eigenvalue weighted by Gasteiger charge is -2.26. The number of nitrogens with two attached hydrogens (primary N) is 1. The maximum absolute atomic E-state index is 12.3. The van der Waals surface area contributed by atoms with Gasteiger partial charge in [-0.25, -0.2) is 18.4 Å². The Morgan fingerprint density at radius 3 is 2.44 bits per heavy atom. The van der Waals surface area contributed by atoms with E-state index in [1.807, 2.05) is 20.8 Å². The van der Waals surface area contributed by atoms with Crippen LogP contribution in [-0.4, -0.2) is 19.5 Å². The molecule has 1 aromatic heterocycles. The molecule has 27 heavy (non-hydrogen) atoms. The van der Waals surface area contributed by atoms with Crippen molar-refractivity contribution in [3.63, 3.8) is 0 Å². The molecule has 5 nitrogen and oxygen atoms in total. The third-order valence-electron chi connectivity index (χ3n) is 5.01. The summed E-state index contributed by atoms with van der Waals surface area (Å²) in [5.74, 6) is -0.389. The molecular weight excluding hydrogens is 382 g/mol. The van der Waals surface area contributed by atoms with E-state index in [1.54, 1.807) is 23.6 Å². The van der Waals surface area contributed by atoms with Crippen molar-refractivity contribution < 1.29 is 18.3 Å². The van der Waals surface area contributed by atoms with Crippen molar-refractivity contribution >= 4 is 27.3 Å². The second-order valence-electron chi connectivity index (χ2n) is 8.21. The fourth-order valence-corrected chi connectivity index (χ4v) is 5.05. The van der Waals surface area contributed by atoms with Gasteiger partial charge in [-0.05, 0) is 58.4 Å². The Morgan fingerprint density at radius 1 is 1.26 bits per heavy atom. The van der Waals surface area contributed by atoms with Crippen LogP contribution in [0.15, 0.2) is 28.5 Å². The van der Waals surface area contributed by atoms with E-state index in [9.17, 15) is 18.3 Å². The van der Waals surface area contributed by atoms with E-state index in [0.29, 0.717) is 29.0 Å². The molecule has 0 radical (unpaired) electrons. The van der Waals surface area contributed by atoms with Gasteiger partial charge in [0.15, 0.2) is 0 Å². The molecule has 1 saturated carbocycles. The van der Waals surface area contributed by atoms with Crippen LogP contribution in [0.25, 0.3) is 11.1 Å². The molecule has 1 aliphatic rings. The summed E-state index contributed by atoms with van der Waals surface area (Å²) >= 11 is 1.15. The second-order valence-corrected chi connectivity index (χ2v) is 10.7. The molecule has 1 heterocycles. The summed E-state index contributed by atoms with van der Waals surface area (Å²) < 4.78 is 24.6. The molecule has 1 aliphatic carbocycles. The first-order valence-corrected chi connectivity index (χ1v) is 11.4. The molecular formula is C20H25NO4S2. The van der Waals surface area contributed by atoms with Gasteiger partial charge in [0.05, 0.1) is 4.90 Å². The predicted molar refractivity (Wildman–Crippen MR) is 108 cm³/mol. The van der Waals surface area contributed by atoms with Gasteiger partial charge in [0, 0.05) is 5.56 Å². The van der Waals surface area contributed by atoms with Crippen LogP contribution in [0, 0.1) is 5.92 Å². The maximum atomic E-state index is 12.3. The van der Waals surface area contributed by atoms with E-state index < -0.39 is 16.0 Å². The molecule has 0 bridgehead atoms. The standard InChI is InChI=1S/C20H25NO4S2/c1-20(2,3)15-8-9-16(27(21,24)25)13(7-6-12-4-5-12)17(15)14-10-11-26-18(14)19(22)23/h8-12H,4-7H2,1-3H3,(H,22,23)(H2,21,24,25). The fraction of sp³-hybridized carbons (Fsp3) is 0.450. The summed E-state index contributed by atoms with van der Waals surface area (Å²) in [7, 11) is -3.91. The number of benzene rings is 1. The molecule has 1 aromatic carbocycles. The minimum absolute atomic E-state index is 0.105. The zero-order valence-electron chi connectivity index (χ0n) is 15.8. The van der Waals surface area contributed by atoms with Gasteiger partial charge in [-0.3, -0.25) is 0 Å². The smallest absolute Gasteiger partial charge is 0.346 e. The molecule has 1 fully saturated rings. The minimum atomic E-state index is -3.91. The van der Waals surface area contributed by atoms with Gasteiger partial charge in [0.25, 0.3) is 0 Å². The van der Waals surface area contributed by atoms with Crippen molar-refractivity contribution in [1.82, 2.24) is 0 Å². The first-order chi connectivity index (χ1) is 12.5. The third-order valence-corrected chi connectivity index (χ3v) is 6.91. The van der Waals surface area contributed by atoms with E-state index in [-0.39, 0.29) is 15.2 Å². The lowest BCUT2D eigenvalue weighted by molar-refractivity contribution is 0.0703. The normalized spacial score (nSPS) is 15.1. The summed E-state index contributed by atoms with van der Waals surface area (Å²) in [5, 5.41) is 16.9. The minimum Gasteiger partial charge on any atom is -0.477 e. The van der Waals surface area contributed by atoms with Crippen molar-refractivity contribution in [2.45, 2.75) is 56.8 Å². The third kappa shape index (κ3) is 4.25. The molecule has 7 heteroatoms. The molecule has 3 N–H and O–H groups in total. The number of carboxylic acid groups (broad SMARTS) is 1. The Labute approximate surface area is 164 Å². The lowest BCUT2D eigenvalue weighted by Crippen LogP contribution is -2.20. The van der Waals surface area contributed by atoms with E-state index in [1.165, 1.54) is 0 Å². The van der Waals surface area contributed by atoms with E-state index in [0.717, 1.165) is 36.2 Å². The van der Waals surface area contributed by atoms with Crippen molar-refractivity contribution in [3.05, 3.63) is 39.6 Å². The molecule has 2 aromatic rings. The van der Waals surface area contributed by atoms with Crippen LogP contribution in [0.2, 0.25) is 0 Å². The Balaban J connectivity index is 2.34. The van der Waals surface area contributed by atoms with Crippen molar-refractivity contribution in [3.8, 4) is 11.1 Å². The highest BCUT2D eigenvalue weighted by molar-refractivity contribution is 7.89. The summed E-state index contributed by atoms with van der Waals surface area (Å²) in [4.78, 5) is 12.1. The maximum Gasteiger partial charge on any atom is 0.346 e. The number of carbonyl (C=O) groups is 1. The van der Waals surface area contributed by atoms with Crippen LogP contribution in [0.3, 0.4) is 0 Å². The number of carboxylic acids is 1. The SMILES string of the molecule is CC(C)(C)c1ccc(S(N)(=O)=O)c(CCC2CC2)c1-c1ccsc1C(=O)O. The van der Waals surface area contributed by atoms with Gasteiger partial charge in [0.1, 0.15) is 4.88 Å². The first-order valence-electron chi connectivity index (χ1n) is 9.00. The number of hydrogen-bond acceptors (Lipinski definition) is 4. The molecule has 0 atom stereocenters. The molecule has 0 aliphatic heterocycles. The van der Waals surface area contributed by atoms with E-state index >= 15 is 0 Å². The summed E-state index contributed by atoms with van der Waals surface area (Å²) in [6.07, 6.45) is 3.79. The molecule has 146 valence electrons. The number of thiophene rings is 1. The molecule has 0 unspecified atom stereocenters. The van der Waals surface area contributed by atoms with Gasteiger partial charge in [-0.1, -0.05) is 39.7 Å². The highest BCUT2D eigenvalue weighted by Crippen LogP contribution is 2.43. The number of rotatable bonds is 6. The summed E-state index contributed by atoms with van der Waals surface area (Å²) in [6, 6.07) is 5.12. The molecule has 0 saturated heterocycles. The van der Waals surface area contributed by atoms with Gasteiger partial charge in [-0.15, -0.1) is 11.3 Å². The Bertz CT molecular complexity index is 980. The monoisotopic (exact) mass is 407 g/mol. The lowest BCUT2D eigenvalue weighted by atomic mass is 9.79. The average Bonchev–Trinajstić information content (AvgIpc) is 3.23. The Morgan fingerprint density at radius 2 is 1.93 bits per heavy atom. The van der Waals surface area contributed by atoms with Crippen molar-refractivity contribution in [2.24, 2.45) is 11.1 Å². The molecule has 0 amide bonds. The quantitative estimate of drug-likeness (QED) is 0.741. The van der Waals surface area contributed by atoms with E-state index in [2.05, 4.69) is 0 Å². The fourth-order valence-electron chi connectivity index (χ4n) is 3.50. The Hall–Kier alpha value is -1.70. The van der Waals surface area contributed by atoms with Crippen LogP contribution in [-0.2, 0) is 21.9 Å². The molecule has 0 spiro atoms. The van der Waals surface area contributed by atoms with Crippen molar-refractivity contribution in [2.75, 3.05) is 0 Å². The number of hydrogen-bond donors (Lipinski definition) is 2. The van der Waals surface area contributed by atoms with Gasteiger partial charge in [0.2, 0.25) is 10.0 Å². The average molecular weight is 408 g/mol. The van der Waals surface area contributed by atoms with Gasteiger partial charge < -0.3 is 5.11 Å². The summed E-state index contributed by atoms with van der Waals surface area (Å²) in [6.45, 7) is 6.12. The van der Waals surface area contributed by atoms with Crippen LogP contribution >= 0.6 is 11.3 Å². The van der Waals surface area contributed by atoms with E-state index in [4.69, 9.17) is 5.14 Å². The number of primary sulfonamides is 1. The van der Waals surface area contributed by atoms with Gasteiger partial charge in [-0.2, -0.15) is 0 Å². The summed E-state index contributed by atoms with van der Waals surface area (Å²) in [5.41, 5.74) is 2.60. The highest BCUT2D eigenvalue weighted by atomic mass is 32.2. The largest absolute Gasteiger partial charge is 0.477 e. The molecule has 3 rings (SSSR count). The topological polar surface area (TPSA) is 97.5 Å². The van der Waals surface area contributed by atoms with Crippen molar-refractivity contribution in [1.29, 1.82) is 0 Å². The highest BCUT2D eigenvalue weighted by Gasteiger charge is 2.30. The van der Waals surface area contributed by atoms with Gasteiger partial charge >= 0.3 is 5.97 Å². The second kappa shape index (κ2) is 7.04. The number of sulfonamides is 1. The zero-order chi connectivity index (χ0) is 20.0. The Kier molecular flexibility index (Phi) is 5.22. The van der Waals surface area contributed by atoms with Crippen LogP contribution < -0.4 is 5.14 Å². The predicted octanol–water partition coefficient (Wildman–Crippen LogP) is 4.40. The van der Waals surface area contributed by atoms with Crippen LogP contribution in [0.1, 0.15) is 60.8 Å². The van der Waals surface area contributed by atoms with Crippen LogP contribution in [0.5, 0.6) is 0 Å². The zero-order valence-corrected chi connectivity index (χ0v) is 17.4. The first kappa shape index (κ1) is 20.0.